The highest BCUT2D eigenvalue weighted by Gasteiger charge is 2.15. The lowest BCUT2D eigenvalue weighted by Crippen LogP contribution is -2.36. The van der Waals surface area contributed by atoms with Crippen molar-refractivity contribution in [3.05, 3.63) is 24.3 Å². The predicted octanol–water partition coefficient (Wildman–Crippen LogP) is 2.60. The summed E-state index contributed by atoms with van der Waals surface area (Å²) in [7, 11) is 0. The van der Waals surface area contributed by atoms with Crippen molar-refractivity contribution in [2.24, 2.45) is 11.7 Å². The monoisotopic (exact) mass is 272 g/mol. The summed E-state index contributed by atoms with van der Waals surface area (Å²) in [5.41, 5.74) is 6.22. The smallest absolute Gasteiger partial charge is 0.387 e. The van der Waals surface area contributed by atoms with Crippen molar-refractivity contribution in [1.82, 2.24) is 0 Å². The normalized spacial score (nSPS) is 12.6. The first-order valence-corrected chi connectivity index (χ1v) is 5.99. The largest absolute Gasteiger partial charge is 0.435 e. The fraction of sp³-hybridized carbons (Fsp3) is 0.462. The van der Waals surface area contributed by atoms with Crippen LogP contribution in [0.2, 0.25) is 0 Å². The van der Waals surface area contributed by atoms with Crippen LogP contribution in [0.15, 0.2) is 24.3 Å². The van der Waals surface area contributed by atoms with Gasteiger partial charge in [0.15, 0.2) is 0 Å². The number of halogens is 2. The molecule has 0 aliphatic heterocycles. The van der Waals surface area contributed by atoms with Gasteiger partial charge in [-0.15, -0.1) is 0 Å². The first-order valence-electron chi connectivity index (χ1n) is 5.99. The molecule has 6 heteroatoms. The molecule has 0 bridgehead atoms. The first-order chi connectivity index (χ1) is 8.88. The average Bonchev–Trinajstić information content (AvgIpc) is 2.30. The fourth-order valence-electron chi connectivity index (χ4n) is 1.57. The van der Waals surface area contributed by atoms with Crippen LogP contribution in [0.4, 0.5) is 14.5 Å². The van der Waals surface area contributed by atoms with E-state index in [1.165, 1.54) is 24.3 Å². The number of amides is 1. The summed E-state index contributed by atoms with van der Waals surface area (Å²) < 4.78 is 28.1. The molecule has 4 nitrogen and oxygen atoms in total. The number of carbonyl (C=O) groups is 1. The molecule has 0 unspecified atom stereocenters. The van der Waals surface area contributed by atoms with Crippen molar-refractivity contribution in [3.8, 4) is 5.75 Å². The predicted molar refractivity (Wildman–Crippen MR) is 69.1 cm³/mol. The molecule has 0 aliphatic carbocycles. The highest BCUT2D eigenvalue weighted by atomic mass is 19.3. The zero-order valence-corrected chi connectivity index (χ0v) is 10.9. The highest BCUT2D eigenvalue weighted by molar-refractivity contribution is 5.94. The summed E-state index contributed by atoms with van der Waals surface area (Å²) in [4.78, 5) is 11.7. The molecule has 1 aromatic rings. The topological polar surface area (TPSA) is 64.4 Å². The summed E-state index contributed by atoms with van der Waals surface area (Å²) in [6, 6.07) is 5.10. The average molecular weight is 272 g/mol. The number of hydrogen-bond acceptors (Lipinski definition) is 3. The van der Waals surface area contributed by atoms with Crippen molar-refractivity contribution in [3.63, 3.8) is 0 Å². The van der Waals surface area contributed by atoms with Gasteiger partial charge >= 0.3 is 6.61 Å². The Balaban J connectivity index is 2.55. The Labute approximate surface area is 110 Å². The molecular formula is C13H18F2N2O2. The molecule has 0 aromatic heterocycles. The van der Waals surface area contributed by atoms with Crippen LogP contribution in [-0.2, 0) is 4.79 Å². The molecule has 106 valence electrons. The maximum Gasteiger partial charge on any atom is 0.387 e. The molecule has 0 heterocycles. The van der Waals surface area contributed by atoms with Gasteiger partial charge in [0.25, 0.3) is 0 Å². The number of carbonyl (C=O) groups excluding carboxylic acids is 1. The van der Waals surface area contributed by atoms with Crippen LogP contribution in [-0.4, -0.2) is 18.6 Å². The zero-order chi connectivity index (χ0) is 14.4. The van der Waals surface area contributed by atoms with Crippen LogP contribution in [0.3, 0.4) is 0 Å². The van der Waals surface area contributed by atoms with Gasteiger partial charge in [0.1, 0.15) is 5.75 Å². The first kappa shape index (κ1) is 15.4. The Morgan fingerprint density at radius 1 is 1.32 bits per heavy atom. The molecule has 1 atom stereocenters. The Hall–Kier alpha value is -1.69. The van der Waals surface area contributed by atoms with Gasteiger partial charge in [0, 0.05) is 5.69 Å². The Morgan fingerprint density at radius 2 is 1.89 bits per heavy atom. The second-order valence-electron chi connectivity index (χ2n) is 4.63. The summed E-state index contributed by atoms with van der Waals surface area (Å²) >= 11 is 0. The van der Waals surface area contributed by atoms with E-state index in [0.717, 1.165) is 0 Å². The van der Waals surface area contributed by atoms with Crippen molar-refractivity contribution < 1.29 is 18.3 Å². The lowest BCUT2D eigenvalue weighted by Gasteiger charge is -2.14. The van der Waals surface area contributed by atoms with Crippen LogP contribution in [0.5, 0.6) is 5.75 Å². The number of anilines is 1. The standard InChI is InChI=1S/C13H18F2N2O2/c1-8(2)7-11(16)12(18)17-9-3-5-10(6-4-9)19-13(14)15/h3-6,8,11,13H,7,16H2,1-2H3,(H,17,18)/t11-/m1/s1. The molecule has 0 saturated carbocycles. The minimum absolute atomic E-state index is 0.0412. The van der Waals surface area contributed by atoms with Crippen LogP contribution in [0, 0.1) is 5.92 Å². The van der Waals surface area contributed by atoms with E-state index < -0.39 is 12.7 Å². The van der Waals surface area contributed by atoms with Gasteiger partial charge in [-0.2, -0.15) is 8.78 Å². The maximum atomic E-state index is 11.9. The molecule has 3 N–H and O–H groups in total. The summed E-state index contributed by atoms with van der Waals surface area (Å²) in [5.74, 6) is 0.0678. The molecule has 0 saturated heterocycles. The Bertz CT molecular complexity index is 408. The van der Waals surface area contributed by atoms with Crippen molar-refractivity contribution in [2.45, 2.75) is 32.9 Å². The second-order valence-corrected chi connectivity index (χ2v) is 4.63. The van der Waals surface area contributed by atoms with Crippen LogP contribution >= 0.6 is 0 Å². The number of ether oxygens (including phenoxy) is 1. The van der Waals surface area contributed by atoms with E-state index in [0.29, 0.717) is 18.0 Å². The van der Waals surface area contributed by atoms with Crippen molar-refractivity contribution in [1.29, 1.82) is 0 Å². The van der Waals surface area contributed by atoms with E-state index in [9.17, 15) is 13.6 Å². The minimum Gasteiger partial charge on any atom is -0.435 e. The van der Waals surface area contributed by atoms with Crippen LogP contribution < -0.4 is 15.8 Å². The lowest BCUT2D eigenvalue weighted by molar-refractivity contribution is -0.117. The quantitative estimate of drug-likeness (QED) is 0.836. The van der Waals surface area contributed by atoms with E-state index in [2.05, 4.69) is 10.1 Å². The highest BCUT2D eigenvalue weighted by Crippen LogP contribution is 2.18. The third-order valence-corrected chi connectivity index (χ3v) is 2.41. The Morgan fingerprint density at radius 3 is 2.37 bits per heavy atom. The number of hydrogen-bond donors (Lipinski definition) is 2. The number of nitrogens with one attached hydrogen (secondary N) is 1. The molecule has 0 radical (unpaired) electrons. The molecule has 1 aromatic carbocycles. The van der Waals surface area contributed by atoms with E-state index in [4.69, 9.17) is 5.73 Å². The van der Waals surface area contributed by atoms with Gasteiger partial charge in [-0.1, -0.05) is 13.8 Å². The summed E-state index contributed by atoms with van der Waals surface area (Å²) in [6.07, 6.45) is 0.582. The molecule has 0 fully saturated rings. The van der Waals surface area contributed by atoms with E-state index in [1.807, 2.05) is 13.8 Å². The van der Waals surface area contributed by atoms with Crippen molar-refractivity contribution in [2.75, 3.05) is 5.32 Å². The maximum absolute atomic E-state index is 11.9. The van der Waals surface area contributed by atoms with Crippen molar-refractivity contribution >= 4 is 11.6 Å². The van der Waals surface area contributed by atoms with E-state index >= 15 is 0 Å². The fourth-order valence-corrected chi connectivity index (χ4v) is 1.57. The molecule has 0 spiro atoms. The molecule has 1 rings (SSSR count). The summed E-state index contributed by atoms with van der Waals surface area (Å²) in [6.45, 7) is 1.09. The molecule has 1 amide bonds. The lowest BCUT2D eigenvalue weighted by atomic mass is 10.0. The van der Waals surface area contributed by atoms with E-state index in [-0.39, 0.29) is 11.7 Å². The van der Waals surface area contributed by atoms with E-state index in [1.54, 1.807) is 0 Å². The molecule has 19 heavy (non-hydrogen) atoms. The second kappa shape index (κ2) is 7.04. The third kappa shape index (κ3) is 5.65. The van der Waals surface area contributed by atoms with Gasteiger partial charge in [-0.3, -0.25) is 4.79 Å². The van der Waals surface area contributed by atoms with Crippen LogP contribution in [0.25, 0.3) is 0 Å². The zero-order valence-electron chi connectivity index (χ0n) is 10.9. The number of rotatable bonds is 6. The van der Waals surface area contributed by atoms with Gasteiger partial charge in [-0.05, 0) is 36.6 Å². The summed E-state index contributed by atoms with van der Waals surface area (Å²) in [5, 5.41) is 2.62. The van der Waals surface area contributed by atoms with Gasteiger partial charge in [0.2, 0.25) is 5.91 Å². The number of benzene rings is 1. The van der Waals surface area contributed by atoms with Gasteiger partial charge < -0.3 is 15.8 Å². The van der Waals surface area contributed by atoms with Gasteiger partial charge in [-0.25, -0.2) is 0 Å². The minimum atomic E-state index is -2.86. The molecular weight excluding hydrogens is 254 g/mol. The number of alkyl halides is 2. The number of nitrogens with two attached hydrogens (primary N) is 1. The SMILES string of the molecule is CC(C)C[C@@H](N)C(=O)Nc1ccc(OC(F)F)cc1. The third-order valence-electron chi connectivity index (χ3n) is 2.41. The van der Waals surface area contributed by atoms with Gasteiger partial charge in [0.05, 0.1) is 6.04 Å². The van der Waals surface area contributed by atoms with Crippen LogP contribution in [0.1, 0.15) is 20.3 Å². The molecule has 0 aliphatic rings. The Kier molecular flexibility index (Phi) is 5.69.